The standard InChI is InChI=1S/C17H13BrFN3O2/c18-12-6-7-14(13(19)10-12)20-15(23)8-9-16-21-17(22-24-16)11-4-2-1-3-5-11/h1-7,10H,8-9H2,(H,20,23). The van der Waals surface area contributed by atoms with E-state index in [9.17, 15) is 9.18 Å². The highest BCUT2D eigenvalue weighted by Crippen LogP contribution is 2.20. The number of hydrogen-bond acceptors (Lipinski definition) is 4. The van der Waals surface area contributed by atoms with Gasteiger partial charge < -0.3 is 9.84 Å². The van der Waals surface area contributed by atoms with E-state index in [4.69, 9.17) is 4.52 Å². The van der Waals surface area contributed by atoms with E-state index in [1.165, 1.54) is 12.1 Å². The molecule has 122 valence electrons. The van der Waals surface area contributed by atoms with E-state index < -0.39 is 5.82 Å². The van der Waals surface area contributed by atoms with Gasteiger partial charge in [-0.3, -0.25) is 4.79 Å². The lowest BCUT2D eigenvalue weighted by Gasteiger charge is -2.05. The molecule has 2 aromatic carbocycles. The fraction of sp³-hybridized carbons (Fsp3) is 0.118. The topological polar surface area (TPSA) is 68.0 Å². The minimum absolute atomic E-state index is 0.117. The number of aromatic nitrogens is 2. The normalized spacial score (nSPS) is 10.6. The molecule has 0 aliphatic rings. The quantitative estimate of drug-likeness (QED) is 0.709. The second-order valence-corrected chi connectivity index (χ2v) is 5.97. The number of hydrogen-bond donors (Lipinski definition) is 1. The molecule has 7 heteroatoms. The molecule has 1 aromatic heterocycles. The van der Waals surface area contributed by atoms with Gasteiger partial charge in [0, 0.05) is 22.9 Å². The van der Waals surface area contributed by atoms with Crippen molar-refractivity contribution in [3.63, 3.8) is 0 Å². The molecule has 3 rings (SSSR count). The van der Waals surface area contributed by atoms with Crippen LogP contribution < -0.4 is 5.32 Å². The molecule has 0 saturated heterocycles. The van der Waals surface area contributed by atoms with Gasteiger partial charge in [0.15, 0.2) is 0 Å². The van der Waals surface area contributed by atoms with Gasteiger partial charge in [-0.2, -0.15) is 4.98 Å². The third-order valence-electron chi connectivity index (χ3n) is 3.27. The Hall–Kier alpha value is -2.54. The Balaban J connectivity index is 1.58. The Morgan fingerprint density at radius 2 is 2.00 bits per heavy atom. The van der Waals surface area contributed by atoms with Crippen LogP contribution >= 0.6 is 15.9 Å². The molecular weight excluding hydrogens is 377 g/mol. The van der Waals surface area contributed by atoms with Gasteiger partial charge in [0.25, 0.3) is 0 Å². The highest BCUT2D eigenvalue weighted by atomic mass is 79.9. The number of carbonyl (C=O) groups excluding carboxylic acids is 1. The largest absolute Gasteiger partial charge is 0.339 e. The lowest BCUT2D eigenvalue weighted by atomic mass is 10.2. The lowest BCUT2D eigenvalue weighted by molar-refractivity contribution is -0.116. The van der Waals surface area contributed by atoms with Crippen molar-refractivity contribution in [2.45, 2.75) is 12.8 Å². The number of aryl methyl sites for hydroxylation is 1. The average molecular weight is 390 g/mol. The highest BCUT2D eigenvalue weighted by molar-refractivity contribution is 9.10. The number of rotatable bonds is 5. The van der Waals surface area contributed by atoms with Crippen LogP contribution in [0.2, 0.25) is 0 Å². The monoisotopic (exact) mass is 389 g/mol. The summed E-state index contributed by atoms with van der Waals surface area (Å²) in [6.07, 6.45) is 0.399. The van der Waals surface area contributed by atoms with E-state index in [2.05, 4.69) is 31.4 Å². The SMILES string of the molecule is O=C(CCc1nc(-c2ccccc2)no1)Nc1ccc(Br)cc1F. The summed E-state index contributed by atoms with van der Waals surface area (Å²) in [5.41, 5.74) is 0.979. The minimum atomic E-state index is -0.498. The van der Waals surface area contributed by atoms with Crippen molar-refractivity contribution in [3.8, 4) is 11.4 Å². The lowest BCUT2D eigenvalue weighted by Crippen LogP contribution is -2.13. The predicted octanol–water partition coefficient (Wildman–Crippen LogP) is 4.21. The summed E-state index contributed by atoms with van der Waals surface area (Å²) in [6, 6.07) is 13.8. The summed E-state index contributed by atoms with van der Waals surface area (Å²) in [7, 11) is 0. The van der Waals surface area contributed by atoms with Gasteiger partial charge in [-0.15, -0.1) is 0 Å². The zero-order valence-corrected chi connectivity index (χ0v) is 14.1. The first-order chi connectivity index (χ1) is 11.6. The van der Waals surface area contributed by atoms with Gasteiger partial charge in [0.1, 0.15) is 5.82 Å². The maximum Gasteiger partial charge on any atom is 0.227 e. The molecule has 0 bridgehead atoms. The Kier molecular flexibility index (Phi) is 5.00. The van der Waals surface area contributed by atoms with E-state index in [1.54, 1.807) is 6.07 Å². The maximum absolute atomic E-state index is 13.7. The predicted molar refractivity (Wildman–Crippen MR) is 90.8 cm³/mol. The molecule has 24 heavy (non-hydrogen) atoms. The number of anilines is 1. The number of halogens is 2. The van der Waals surface area contributed by atoms with E-state index in [-0.39, 0.29) is 24.4 Å². The molecule has 1 heterocycles. The van der Waals surface area contributed by atoms with Gasteiger partial charge in [0.05, 0.1) is 5.69 Å². The smallest absolute Gasteiger partial charge is 0.227 e. The van der Waals surface area contributed by atoms with Crippen molar-refractivity contribution in [1.82, 2.24) is 10.1 Å². The molecule has 5 nitrogen and oxygen atoms in total. The van der Waals surface area contributed by atoms with Crippen molar-refractivity contribution in [2.24, 2.45) is 0 Å². The molecule has 1 amide bonds. The van der Waals surface area contributed by atoms with E-state index in [0.29, 0.717) is 16.2 Å². The molecule has 0 atom stereocenters. The molecule has 0 spiro atoms. The maximum atomic E-state index is 13.7. The molecule has 0 radical (unpaired) electrons. The van der Waals surface area contributed by atoms with Gasteiger partial charge in [-0.1, -0.05) is 51.4 Å². The van der Waals surface area contributed by atoms with E-state index in [0.717, 1.165) is 5.56 Å². The van der Waals surface area contributed by atoms with Crippen LogP contribution in [0.1, 0.15) is 12.3 Å². The molecule has 1 N–H and O–H groups in total. The summed E-state index contributed by atoms with van der Waals surface area (Å²) in [5.74, 6) is 0.0165. The highest BCUT2D eigenvalue weighted by Gasteiger charge is 2.12. The second-order valence-electron chi connectivity index (χ2n) is 5.05. The summed E-state index contributed by atoms with van der Waals surface area (Å²) < 4.78 is 19.4. The summed E-state index contributed by atoms with van der Waals surface area (Å²) >= 11 is 3.17. The molecule has 0 unspecified atom stereocenters. The van der Waals surface area contributed by atoms with Crippen LogP contribution in [0.3, 0.4) is 0 Å². The zero-order chi connectivity index (χ0) is 16.9. The summed E-state index contributed by atoms with van der Waals surface area (Å²) in [4.78, 5) is 16.2. The minimum Gasteiger partial charge on any atom is -0.339 e. The van der Waals surface area contributed by atoms with Crippen LogP contribution in [0.4, 0.5) is 10.1 Å². The number of benzene rings is 2. The summed E-state index contributed by atoms with van der Waals surface area (Å²) in [6.45, 7) is 0. The zero-order valence-electron chi connectivity index (χ0n) is 12.5. The molecule has 3 aromatic rings. The number of nitrogens with zero attached hydrogens (tertiary/aromatic N) is 2. The number of amides is 1. The Morgan fingerprint density at radius 3 is 2.75 bits per heavy atom. The van der Waals surface area contributed by atoms with Crippen molar-refractivity contribution < 1.29 is 13.7 Å². The fourth-order valence-corrected chi connectivity index (χ4v) is 2.42. The van der Waals surface area contributed by atoms with Crippen LogP contribution in [-0.4, -0.2) is 16.0 Å². The van der Waals surface area contributed by atoms with Gasteiger partial charge in [0.2, 0.25) is 17.6 Å². The molecule has 0 aliphatic carbocycles. The molecular formula is C17H13BrFN3O2. The first kappa shape index (κ1) is 16.3. The molecule has 0 aliphatic heterocycles. The Morgan fingerprint density at radius 1 is 1.21 bits per heavy atom. The van der Waals surface area contributed by atoms with Gasteiger partial charge >= 0.3 is 0 Å². The average Bonchev–Trinajstić information content (AvgIpc) is 3.05. The first-order valence-corrected chi connectivity index (χ1v) is 8.04. The van der Waals surface area contributed by atoms with Crippen molar-refractivity contribution in [1.29, 1.82) is 0 Å². The van der Waals surface area contributed by atoms with Crippen LogP contribution in [0.25, 0.3) is 11.4 Å². The van der Waals surface area contributed by atoms with Gasteiger partial charge in [-0.25, -0.2) is 4.39 Å². The van der Waals surface area contributed by atoms with E-state index in [1.807, 2.05) is 30.3 Å². The van der Waals surface area contributed by atoms with E-state index >= 15 is 0 Å². The van der Waals surface area contributed by atoms with Crippen LogP contribution in [-0.2, 0) is 11.2 Å². The Bertz CT molecular complexity index is 852. The fourth-order valence-electron chi connectivity index (χ4n) is 2.08. The van der Waals surface area contributed by atoms with Crippen LogP contribution in [0, 0.1) is 5.82 Å². The Labute approximate surface area is 146 Å². The third kappa shape index (κ3) is 4.05. The second kappa shape index (κ2) is 7.35. The molecule has 0 saturated carbocycles. The summed E-state index contributed by atoms with van der Waals surface area (Å²) in [5, 5.41) is 6.41. The third-order valence-corrected chi connectivity index (χ3v) is 3.76. The number of nitrogens with one attached hydrogen (secondary N) is 1. The van der Waals surface area contributed by atoms with Gasteiger partial charge in [-0.05, 0) is 18.2 Å². The first-order valence-electron chi connectivity index (χ1n) is 7.25. The van der Waals surface area contributed by atoms with Crippen molar-refractivity contribution >= 4 is 27.5 Å². The van der Waals surface area contributed by atoms with Crippen LogP contribution in [0.5, 0.6) is 0 Å². The molecule has 0 fully saturated rings. The van der Waals surface area contributed by atoms with Crippen LogP contribution in [0.15, 0.2) is 57.5 Å². The van der Waals surface area contributed by atoms with Crippen molar-refractivity contribution in [3.05, 3.63) is 64.7 Å². The van der Waals surface area contributed by atoms with Crippen molar-refractivity contribution in [2.75, 3.05) is 5.32 Å². The number of carbonyl (C=O) groups is 1.